The van der Waals surface area contributed by atoms with Crippen LogP contribution in [0.4, 0.5) is 0 Å². The van der Waals surface area contributed by atoms with Crippen LogP contribution in [0.1, 0.15) is 61.3 Å². The van der Waals surface area contributed by atoms with Gasteiger partial charge in [0.2, 0.25) is 5.91 Å². The van der Waals surface area contributed by atoms with Gasteiger partial charge in [0, 0.05) is 19.0 Å². The molecule has 23 heavy (non-hydrogen) atoms. The molecule has 3 nitrogen and oxygen atoms in total. The molecule has 2 aliphatic heterocycles. The SMILES string of the molecule is Cc1cccc(C2CCCCN2C(=O)CC2CCCN2)c1C.Cl. The van der Waals surface area contributed by atoms with E-state index in [0.717, 1.165) is 32.4 Å². The third-order valence-corrected chi connectivity index (χ3v) is 5.41. The molecule has 128 valence electrons. The summed E-state index contributed by atoms with van der Waals surface area (Å²) in [5.41, 5.74) is 4.03. The molecule has 1 amide bonds. The van der Waals surface area contributed by atoms with E-state index in [0.29, 0.717) is 18.4 Å². The Kier molecular flexibility index (Phi) is 6.49. The van der Waals surface area contributed by atoms with Gasteiger partial charge < -0.3 is 10.2 Å². The molecule has 2 fully saturated rings. The predicted octanol–water partition coefficient (Wildman–Crippen LogP) is 3.92. The van der Waals surface area contributed by atoms with Crippen LogP contribution in [0.5, 0.6) is 0 Å². The van der Waals surface area contributed by atoms with E-state index in [2.05, 4.69) is 42.3 Å². The molecule has 2 atom stereocenters. The second-order valence-electron chi connectivity index (χ2n) is 6.89. The fraction of sp³-hybridized carbons (Fsp3) is 0.632. The second kappa shape index (κ2) is 8.16. The van der Waals surface area contributed by atoms with Crippen LogP contribution in [0.15, 0.2) is 18.2 Å². The van der Waals surface area contributed by atoms with Crippen molar-refractivity contribution in [2.24, 2.45) is 0 Å². The van der Waals surface area contributed by atoms with E-state index in [1.54, 1.807) is 0 Å². The first-order valence-electron chi connectivity index (χ1n) is 8.76. The van der Waals surface area contributed by atoms with E-state index in [4.69, 9.17) is 0 Å². The summed E-state index contributed by atoms with van der Waals surface area (Å²) in [4.78, 5) is 15.0. The Balaban J connectivity index is 0.00000192. The number of carbonyl (C=O) groups excluding carboxylic acids is 1. The molecule has 0 aromatic heterocycles. The van der Waals surface area contributed by atoms with Crippen molar-refractivity contribution in [2.75, 3.05) is 13.1 Å². The van der Waals surface area contributed by atoms with E-state index in [9.17, 15) is 4.79 Å². The normalized spacial score (nSPS) is 24.3. The number of aryl methyl sites for hydroxylation is 1. The van der Waals surface area contributed by atoms with E-state index in [-0.39, 0.29) is 18.4 Å². The monoisotopic (exact) mass is 336 g/mol. The third kappa shape index (κ3) is 4.07. The summed E-state index contributed by atoms with van der Waals surface area (Å²) in [7, 11) is 0. The van der Waals surface area contributed by atoms with Gasteiger partial charge in [-0.15, -0.1) is 12.4 Å². The molecule has 2 aliphatic rings. The van der Waals surface area contributed by atoms with Crippen molar-refractivity contribution in [1.29, 1.82) is 0 Å². The fourth-order valence-corrected chi connectivity index (χ4v) is 3.95. The summed E-state index contributed by atoms with van der Waals surface area (Å²) in [6, 6.07) is 7.19. The van der Waals surface area contributed by atoms with Gasteiger partial charge in [-0.3, -0.25) is 4.79 Å². The Morgan fingerprint density at radius 3 is 2.78 bits per heavy atom. The lowest BCUT2D eigenvalue weighted by Gasteiger charge is -2.37. The Hall–Kier alpha value is -1.06. The van der Waals surface area contributed by atoms with Crippen LogP contribution in [0.2, 0.25) is 0 Å². The van der Waals surface area contributed by atoms with E-state index in [1.807, 2.05) is 0 Å². The van der Waals surface area contributed by atoms with Gasteiger partial charge in [-0.05, 0) is 69.2 Å². The molecule has 1 N–H and O–H groups in total. The number of amides is 1. The summed E-state index contributed by atoms with van der Waals surface area (Å²) in [6.45, 7) is 6.35. The molecule has 4 heteroatoms. The van der Waals surface area contributed by atoms with Gasteiger partial charge in [-0.2, -0.15) is 0 Å². The Bertz CT molecular complexity index is 540. The molecule has 0 spiro atoms. The van der Waals surface area contributed by atoms with E-state index >= 15 is 0 Å². The highest BCUT2D eigenvalue weighted by molar-refractivity contribution is 5.85. The zero-order chi connectivity index (χ0) is 15.5. The van der Waals surface area contributed by atoms with Gasteiger partial charge >= 0.3 is 0 Å². The summed E-state index contributed by atoms with van der Waals surface area (Å²) in [5.74, 6) is 0.338. The van der Waals surface area contributed by atoms with E-state index in [1.165, 1.54) is 29.5 Å². The quantitative estimate of drug-likeness (QED) is 0.907. The number of nitrogens with zero attached hydrogens (tertiary/aromatic N) is 1. The molecular weight excluding hydrogens is 308 g/mol. The van der Waals surface area contributed by atoms with Crippen LogP contribution in [-0.4, -0.2) is 29.9 Å². The average Bonchev–Trinajstić information content (AvgIpc) is 3.03. The average molecular weight is 337 g/mol. The van der Waals surface area contributed by atoms with Crippen molar-refractivity contribution in [3.63, 3.8) is 0 Å². The summed E-state index contributed by atoms with van der Waals surface area (Å²) < 4.78 is 0. The molecule has 2 heterocycles. The van der Waals surface area contributed by atoms with Gasteiger partial charge in [0.05, 0.1) is 6.04 Å². The number of nitrogens with one attached hydrogen (secondary N) is 1. The van der Waals surface area contributed by atoms with Crippen molar-refractivity contribution < 1.29 is 4.79 Å². The van der Waals surface area contributed by atoms with Crippen LogP contribution in [0, 0.1) is 13.8 Å². The molecule has 0 saturated carbocycles. The predicted molar refractivity (Wildman–Crippen MR) is 97.1 cm³/mol. The molecule has 0 radical (unpaired) electrons. The zero-order valence-corrected chi connectivity index (χ0v) is 15.1. The van der Waals surface area contributed by atoms with Crippen molar-refractivity contribution in [2.45, 2.75) is 64.5 Å². The summed E-state index contributed by atoms with van der Waals surface area (Å²) in [6.07, 6.45) is 6.50. The summed E-state index contributed by atoms with van der Waals surface area (Å²) in [5, 5.41) is 3.45. The highest BCUT2D eigenvalue weighted by atomic mass is 35.5. The van der Waals surface area contributed by atoms with Crippen molar-refractivity contribution in [3.05, 3.63) is 34.9 Å². The van der Waals surface area contributed by atoms with E-state index < -0.39 is 0 Å². The number of carbonyl (C=O) groups is 1. The van der Waals surface area contributed by atoms with Crippen LogP contribution in [0.3, 0.4) is 0 Å². The molecule has 1 aromatic carbocycles. The molecule has 2 saturated heterocycles. The third-order valence-electron chi connectivity index (χ3n) is 5.41. The molecule has 0 aliphatic carbocycles. The number of hydrogen-bond donors (Lipinski definition) is 1. The molecule has 3 rings (SSSR count). The minimum atomic E-state index is 0. The minimum absolute atomic E-state index is 0. The van der Waals surface area contributed by atoms with Crippen molar-refractivity contribution in [3.8, 4) is 0 Å². The Labute approximate surface area is 146 Å². The number of halogens is 1. The Morgan fingerprint density at radius 2 is 2.04 bits per heavy atom. The maximum Gasteiger partial charge on any atom is 0.224 e. The topological polar surface area (TPSA) is 32.3 Å². The van der Waals surface area contributed by atoms with Gasteiger partial charge in [-0.1, -0.05) is 18.2 Å². The summed E-state index contributed by atoms with van der Waals surface area (Å²) >= 11 is 0. The van der Waals surface area contributed by atoms with Crippen molar-refractivity contribution in [1.82, 2.24) is 10.2 Å². The van der Waals surface area contributed by atoms with Crippen LogP contribution < -0.4 is 5.32 Å². The maximum absolute atomic E-state index is 12.8. The second-order valence-corrected chi connectivity index (χ2v) is 6.89. The first-order valence-corrected chi connectivity index (χ1v) is 8.76. The zero-order valence-electron chi connectivity index (χ0n) is 14.3. The lowest BCUT2D eigenvalue weighted by molar-refractivity contribution is -0.135. The highest BCUT2D eigenvalue weighted by Gasteiger charge is 2.30. The Morgan fingerprint density at radius 1 is 1.22 bits per heavy atom. The van der Waals surface area contributed by atoms with Gasteiger partial charge in [0.25, 0.3) is 0 Å². The number of piperidine rings is 1. The van der Waals surface area contributed by atoms with Gasteiger partial charge in [0.15, 0.2) is 0 Å². The number of benzene rings is 1. The number of rotatable bonds is 3. The number of hydrogen-bond acceptors (Lipinski definition) is 2. The first kappa shape index (κ1) is 18.3. The highest BCUT2D eigenvalue weighted by Crippen LogP contribution is 2.34. The standard InChI is InChI=1S/C19H28N2O.ClH/c1-14-7-5-9-17(15(14)2)18-10-3-4-12-21(18)19(22)13-16-8-6-11-20-16;/h5,7,9,16,18,20H,3-4,6,8,10-13H2,1-2H3;1H. The molecule has 0 bridgehead atoms. The van der Waals surface area contributed by atoms with Crippen LogP contribution >= 0.6 is 12.4 Å². The van der Waals surface area contributed by atoms with Gasteiger partial charge in [0.1, 0.15) is 0 Å². The lowest BCUT2D eigenvalue weighted by atomic mass is 9.90. The minimum Gasteiger partial charge on any atom is -0.336 e. The molecule has 1 aromatic rings. The molecule has 2 unspecified atom stereocenters. The lowest BCUT2D eigenvalue weighted by Crippen LogP contribution is -2.41. The first-order chi connectivity index (χ1) is 10.7. The smallest absolute Gasteiger partial charge is 0.224 e. The maximum atomic E-state index is 12.8. The van der Waals surface area contributed by atoms with Crippen molar-refractivity contribution >= 4 is 18.3 Å². The fourth-order valence-electron chi connectivity index (χ4n) is 3.95. The molecular formula is C19H29ClN2O. The number of likely N-dealkylation sites (tertiary alicyclic amines) is 1. The largest absolute Gasteiger partial charge is 0.336 e. The van der Waals surface area contributed by atoms with Gasteiger partial charge in [-0.25, -0.2) is 0 Å². The van der Waals surface area contributed by atoms with Crippen LogP contribution in [-0.2, 0) is 4.79 Å². The van der Waals surface area contributed by atoms with Crippen LogP contribution in [0.25, 0.3) is 0 Å².